The second-order valence-electron chi connectivity index (χ2n) is 5.76. The van der Waals surface area contributed by atoms with Gasteiger partial charge in [0.2, 0.25) is 11.8 Å². The molecule has 2 amide bonds. The summed E-state index contributed by atoms with van der Waals surface area (Å²) in [5.41, 5.74) is 1.67. The van der Waals surface area contributed by atoms with Crippen molar-refractivity contribution in [2.24, 2.45) is 0 Å². The fourth-order valence-electron chi connectivity index (χ4n) is 2.44. The second-order valence-corrected chi connectivity index (χ2v) is 7.87. The molecule has 0 aliphatic carbocycles. The molecule has 27 heavy (non-hydrogen) atoms. The highest BCUT2D eigenvalue weighted by atomic mass is 35.5. The van der Waals surface area contributed by atoms with Gasteiger partial charge >= 0.3 is 0 Å². The smallest absolute Gasteiger partial charge is 0.264 e. The number of pyridine rings is 1. The Morgan fingerprint density at radius 2 is 1.81 bits per heavy atom. The molecule has 0 aliphatic rings. The van der Waals surface area contributed by atoms with Crippen LogP contribution in [0.5, 0.6) is 0 Å². The molecule has 2 N–H and O–H groups in total. The van der Waals surface area contributed by atoms with Crippen LogP contribution < -0.4 is 10.0 Å². The van der Waals surface area contributed by atoms with E-state index in [0.717, 1.165) is 6.92 Å². The van der Waals surface area contributed by atoms with Crippen molar-refractivity contribution in [3.8, 4) is 0 Å². The first-order valence-corrected chi connectivity index (χ1v) is 9.65. The van der Waals surface area contributed by atoms with Crippen LogP contribution in [-0.4, -0.2) is 29.6 Å². The Hall–Kier alpha value is -2.91. The topological polar surface area (TPSA) is 110 Å². The maximum absolute atomic E-state index is 12.2. The average Bonchev–Trinajstić information content (AvgIpc) is 2.95. The normalized spacial score (nSPS) is 11.3. The van der Waals surface area contributed by atoms with E-state index in [4.69, 9.17) is 11.6 Å². The predicted octanol–water partition coefficient (Wildman–Crippen LogP) is 1.99. The quantitative estimate of drug-likeness (QED) is 0.673. The van der Waals surface area contributed by atoms with Gasteiger partial charge in [0.05, 0.1) is 22.0 Å². The highest BCUT2D eigenvalue weighted by Crippen LogP contribution is 2.15. The lowest BCUT2D eigenvalue weighted by atomic mass is 10.3. The fraction of sp³-hybridized carbons (Fsp3) is 0.118. The number of imidazole rings is 1. The summed E-state index contributed by atoms with van der Waals surface area (Å²) in [5.74, 6) is -0.983. The van der Waals surface area contributed by atoms with Gasteiger partial charge in [0.25, 0.3) is 10.0 Å². The van der Waals surface area contributed by atoms with Gasteiger partial charge in [0.15, 0.2) is 0 Å². The van der Waals surface area contributed by atoms with E-state index in [-0.39, 0.29) is 17.2 Å². The Balaban J connectivity index is 1.67. The van der Waals surface area contributed by atoms with Gasteiger partial charge in [-0.2, -0.15) is 0 Å². The van der Waals surface area contributed by atoms with E-state index in [1.54, 1.807) is 28.9 Å². The van der Waals surface area contributed by atoms with Gasteiger partial charge in [0, 0.05) is 25.0 Å². The van der Waals surface area contributed by atoms with Crippen molar-refractivity contribution in [2.45, 2.75) is 18.2 Å². The number of hydrogen-bond donors (Lipinski definition) is 2. The van der Waals surface area contributed by atoms with Crippen LogP contribution in [0.15, 0.2) is 53.7 Å². The molecule has 0 fully saturated rings. The number of rotatable bonds is 5. The number of halogens is 1. The maximum Gasteiger partial charge on any atom is 0.264 e. The number of anilines is 1. The number of fused-ring (bicyclic) bond motifs is 1. The van der Waals surface area contributed by atoms with E-state index in [1.807, 2.05) is 4.72 Å². The summed E-state index contributed by atoms with van der Waals surface area (Å²) in [6.45, 7) is 1.11. The number of sulfonamides is 1. The standard InChI is InChI=1S/C17H15ClN4O4S/c1-11(23)21-27(25,26)15-5-3-13(4-6-15)20-17(24)8-14-10-22-9-12(18)2-7-16(22)19-14/h2-7,9-10H,8H2,1H3,(H,20,24)(H,21,23). The number of nitrogens with one attached hydrogen (secondary N) is 2. The van der Waals surface area contributed by atoms with Crippen molar-refractivity contribution in [3.05, 3.63) is 59.5 Å². The van der Waals surface area contributed by atoms with Crippen molar-refractivity contribution in [3.63, 3.8) is 0 Å². The van der Waals surface area contributed by atoms with E-state index in [2.05, 4.69) is 10.3 Å². The van der Waals surface area contributed by atoms with Gasteiger partial charge in [-0.15, -0.1) is 0 Å². The molecule has 0 aliphatic heterocycles. The summed E-state index contributed by atoms with van der Waals surface area (Å²) in [4.78, 5) is 27.4. The lowest BCUT2D eigenvalue weighted by Gasteiger charge is -2.07. The molecule has 140 valence electrons. The summed E-state index contributed by atoms with van der Waals surface area (Å²) in [6, 6.07) is 8.94. The largest absolute Gasteiger partial charge is 0.326 e. The molecule has 1 aromatic carbocycles. The van der Waals surface area contributed by atoms with Crippen LogP contribution in [0.4, 0.5) is 5.69 Å². The summed E-state index contributed by atoms with van der Waals surface area (Å²) in [5, 5.41) is 3.23. The zero-order chi connectivity index (χ0) is 19.6. The second kappa shape index (κ2) is 7.37. The van der Waals surface area contributed by atoms with Crippen molar-refractivity contribution in [1.82, 2.24) is 14.1 Å². The van der Waals surface area contributed by atoms with Crippen molar-refractivity contribution in [1.29, 1.82) is 0 Å². The van der Waals surface area contributed by atoms with Crippen molar-refractivity contribution < 1.29 is 18.0 Å². The number of carbonyl (C=O) groups is 2. The number of aromatic nitrogens is 2. The SMILES string of the molecule is CC(=O)NS(=O)(=O)c1ccc(NC(=O)Cc2cn3cc(Cl)ccc3n2)cc1. The molecule has 0 radical (unpaired) electrons. The van der Waals surface area contributed by atoms with E-state index < -0.39 is 15.9 Å². The average molecular weight is 407 g/mol. The minimum atomic E-state index is -3.91. The molecule has 8 nitrogen and oxygen atoms in total. The first kappa shape index (κ1) is 18.9. The van der Waals surface area contributed by atoms with Gasteiger partial charge in [-0.05, 0) is 36.4 Å². The molecule has 0 saturated heterocycles. The predicted molar refractivity (Wildman–Crippen MR) is 100.0 cm³/mol. The van der Waals surface area contributed by atoms with Crippen LogP contribution in [0, 0.1) is 0 Å². The first-order chi connectivity index (χ1) is 12.7. The number of hydrogen-bond acceptors (Lipinski definition) is 5. The number of carbonyl (C=O) groups excluding carboxylic acids is 2. The summed E-state index contributed by atoms with van der Waals surface area (Å²) in [6.07, 6.45) is 3.45. The Labute approximate surface area is 160 Å². The molecule has 0 spiro atoms. The van der Waals surface area contributed by atoms with Crippen LogP contribution in [0.25, 0.3) is 5.65 Å². The lowest BCUT2D eigenvalue weighted by Crippen LogP contribution is -2.28. The molecular formula is C17H15ClN4O4S. The molecule has 0 bridgehead atoms. The molecule has 10 heteroatoms. The van der Waals surface area contributed by atoms with Crippen LogP contribution in [0.2, 0.25) is 5.02 Å². The van der Waals surface area contributed by atoms with Crippen LogP contribution in [0.3, 0.4) is 0 Å². The zero-order valence-electron chi connectivity index (χ0n) is 14.1. The minimum Gasteiger partial charge on any atom is -0.326 e. The highest BCUT2D eigenvalue weighted by molar-refractivity contribution is 7.90. The van der Waals surface area contributed by atoms with Crippen LogP contribution in [-0.2, 0) is 26.0 Å². The van der Waals surface area contributed by atoms with Gasteiger partial charge in [-0.3, -0.25) is 9.59 Å². The maximum atomic E-state index is 12.2. The lowest BCUT2D eigenvalue weighted by molar-refractivity contribution is -0.117. The van der Waals surface area contributed by atoms with Crippen LogP contribution >= 0.6 is 11.6 Å². The third-order valence-electron chi connectivity index (χ3n) is 3.53. The van der Waals surface area contributed by atoms with E-state index in [9.17, 15) is 18.0 Å². The highest BCUT2D eigenvalue weighted by Gasteiger charge is 2.15. The van der Waals surface area contributed by atoms with Crippen molar-refractivity contribution >= 4 is 44.8 Å². The molecule has 0 atom stereocenters. The van der Waals surface area contributed by atoms with Gasteiger partial charge in [-0.1, -0.05) is 11.6 Å². The monoisotopic (exact) mass is 406 g/mol. The fourth-order valence-corrected chi connectivity index (χ4v) is 3.60. The van der Waals surface area contributed by atoms with Gasteiger partial charge in [-0.25, -0.2) is 18.1 Å². The zero-order valence-corrected chi connectivity index (χ0v) is 15.7. The van der Waals surface area contributed by atoms with E-state index >= 15 is 0 Å². The van der Waals surface area contributed by atoms with Crippen LogP contribution in [0.1, 0.15) is 12.6 Å². The van der Waals surface area contributed by atoms with Crippen molar-refractivity contribution in [2.75, 3.05) is 5.32 Å². The van der Waals surface area contributed by atoms with Gasteiger partial charge < -0.3 is 9.72 Å². The molecule has 3 rings (SSSR count). The summed E-state index contributed by atoms with van der Waals surface area (Å²) >= 11 is 5.92. The molecule has 2 heterocycles. The van der Waals surface area contributed by atoms with E-state index in [1.165, 1.54) is 24.3 Å². The molecule has 2 aromatic heterocycles. The Kier molecular flexibility index (Phi) is 5.15. The molecule has 0 saturated carbocycles. The summed E-state index contributed by atoms with van der Waals surface area (Å²) in [7, 11) is -3.91. The molecule has 0 unspecified atom stereocenters. The Morgan fingerprint density at radius 3 is 2.48 bits per heavy atom. The number of nitrogens with zero attached hydrogens (tertiary/aromatic N) is 2. The number of benzene rings is 1. The summed E-state index contributed by atoms with van der Waals surface area (Å²) < 4.78 is 27.4. The molecular weight excluding hydrogens is 392 g/mol. The van der Waals surface area contributed by atoms with E-state index in [0.29, 0.717) is 22.1 Å². The van der Waals surface area contributed by atoms with Gasteiger partial charge in [0.1, 0.15) is 5.65 Å². The third kappa shape index (κ3) is 4.63. The first-order valence-electron chi connectivity index (χ1n) is 7.79. The third-order valence-corrected chi connectivity index (χ3v) is 5.21. The Bertz CT molecular complexity index is 1120. The Morgan fingerprint density at radius 1 is 1.11 bits per heavy atom. The molecule has 3 aromatic rings. The number of amides is 2. The minimum absolute atomic E-state index is 0.0469.